The van der Waals surface area contributed by atoms with Gasteiger partial charge in [-0.05, 0) is 53.8 Å². The zero-order valence-corrected chi connectivity index (χ0v) is 19.8. The zero-order chi connectivity index (χ0) is 24.8. The number of carbonyl (C=O) groups is 2. The van der Waals surface area contributed by atoms with Gasteiger partial charge in [-0.15, -0.1) is 0 Å². The molecule has 0 saturated heterocycles. The van der Waals surface area contributed by atoms with E-state index >= 15 is 0 Å². The van der Waals surface area contributed by atoms with E-state index in [2.05, 4.69) is 17.4 Å². The topological polar surface area (TPSA) is 94.1 Å². The Morgan fingerprint density at radius 2 is 1.49 bits per heavy atom. The lowest BCUT2D eigenvalue weighted by molar-refractivity contribution is -0.137. The summed E-state index contributed by atoms with van der Waals surface area (Å²) in [6.07, 6.45) is -0.978. The Hall–Kier alpha value is -4.00. The van der Waals surface area contributed by atoms with Crippen molar-refractivity contribution in [2.24, 2.45) is 0 Å². The summed E-state index contributed by atoms with van der Waals surface area (Å²) >= 11 is 0. The first-order chi connectivity index (χ1) is 17.0. The van der Waals surface area contributed by atoms with E-state index in [9.17, 15) is 14.7 Å². The second kappa shape index (κ2) is 11.0. The van der Waals surface area contributed by atoms with Crippen molar-refractivity contribution in [1.82, 2.24) is 5.32 Å². The number of benzene rings is 3. The van der Waals surface area contributed by atoms with Gasteiger partial charge in [-0.2, -0.15) is 0 Å². The molecule has 1 aliphatic carbocycles. The molecule has 182 valence electrons. The predicted molar refractivity (Wildman–Crippen MR) is 132 cm³/mol. The number of carbonyl (C=O) groups excluding carboxylic acids is 1. The molecule has 0 bridgehead atoms. The number of hydrogen-bond donors (Lipinski definition) is 2. The SMILES string of the molecule is CCOc1ccc(C(CC(=O)O)NC(=O)OCC2c3ccccc3-c3ccccc32)cc1OCC. The first kappa shape index (κ1) is 24.1. The Labute approximate surface area is 204 Å². The second-order valence-corrected chi connectivity index (χ2v) is 8.19. The van der Waals surface area contributed by atoms with Gasteiger partial charge >= 0.3 is 12.1 Å². The molecule has 1 unspecified atom stereocenters. The molecular formula is C28H29NO6. The van der Waals surface area contributed by atoms with Crippen molar-refractivity contribution >= 4 is 12.1 Å². The lowest BCUT2D eigenvalue weighted by Crippen LogP contribution is -2.31. The van der Waals surface area contributed by atoms with Crippen molar-refractivity contribution in [3.8, 4) is 22.6 Å². The van der Waals surface area contributed by atoms with Gasteiger partial charge in [0.1, 0.15) is 6.61 Å². The van der Waals surface area contributed by atoms with E-state index in [0.29, 0.717) is 30.3 Å². The molecule has 7 nitrogen and oxygen atoms in total. The lowest BCUT2D eigenvalue weighted by Gasteiger charge is -2.20. The van der Waals surface area contributed by atoms with E-state index in [4.69, 9.17) is 14.2 Å². The maximum absolute atomic E-state index is 12.8. The average molecular weight is 476 g/mol. The summed E-state index contributed by atoms with van der Waals surface area (Å²) in [6, 6.07) is 20.5. The Morgan fingerprint density at radius 1 is 0.886 bits per heavy atom. The standard InChI is InChI=1S/C28H29NO6/c1-3-33-25-14-13-18(15-26(25)34-4-2)24(16-27(30)31)29-28(32)35-17-23-21-11-7-5-9-19(21)20-10-6-8-12-22(20)23/h5-15,23-24H,3-4,16-17H2,1-2H3,(H,29,32)(H,30,31). The van der Waals surface area contributed by atoms with Crippen LogP contribution >= 0.6 is 0 Å². The van der Waals surface area contributed by atoms with Gasteiger partial charge in [0.05, 0.1) is 25.7 Å². The number of alkyl carbamates (subject to hydrolysis) is 1. The number of carboxylic acids is 1. The van der Waals surface area contributed by atoms with Crippen molar-refractivity contribution in [3.05, 3.63) is 83.4 Å². The third-order valence-corrected chi connectivity index (χ3v) is 5.98. The molecule has 1 atom stereocenters. The minimum Gasteiger partial charge on any atom is -0.490 e. The van der Waals surface area contributed by atoms with E-state index in [1.54, 1.807) is 18.2 Å². The molecule has 3 aromatic rings. The fourth-order valence-electron chi connectivity index (χ4n) is 4.49. The molecule has 35 heavy (non-hydrogen) atoms. The van der Waals surface area contributed by atoms with Crippen LogP contribution in [0.25, 0.3) is 11.1 Å². The predicted octanol–water partition coefficient (Wildman–Crippen LogP) is 5.54. The molecule has 0 radical (unpaired) electrons. The van der Waals surface area contributed by atoms with Gasteiger partial charge in [0.25, 0.3) is 0 Å². The third-order valence-electron chi connectivity index (χ3n) is 5.98. The minimum atomic E-state index is -1.04. The fraction of sp³-hybridized carbons (Fsp3) is 0.286. The van der Waals surface area contributed by atoms with E-state index in [1.807, 2.05) is 50.2 Å². The van der Waals surface area contributed by atoms with E-state index in [0.717, 1.165) is 22.3 Å². The molecule has 0 fully saturated rings. The molecule has 0 spiro atoms. The summed E-state index contributed by atoms with van der Waals surface area (Å²) in [6.45, 7) is 4.76. The molecule has 1 amide bonds. The van der Waals surface area contributed by atoms with Gasteiger partial charge in [0.15, 0.2) is 11.5 Å². The highest BCUT2D eigenvalue weighted by Gasteiger charge is 2.29. The molecule has 0 heterocycles. The van der Waals surface area contributed by atoms with Gasteiger partial charge in [-0.25, -0.2) is 4.79 Å². The highest BCUT2D eigenvalue weighted by molar-refractivity contribution is 5.79. The number of aliphatic carboxylic acids is 1. The Balaban J connectivity index is 1.49. The molecule has 1 aliphatic rings. The van der Waals surface area contributed by atoms with Crippen molar-refractivity contribution in [2.45, 2.75) is 32.2 Å². The lowest BCUT2D eigenvalue weighted by atomic mass is 9.98. The van der Waals surface area contributed by atoms with Crippen molar-refractivity contribution < 1.29 is 28.9 Å². The number of amides is 1. The fourth-order valence-corrected chi connectivity index (χ4v) is 4.49. The van der Waals surface area contributed by atoms with Crippen LogP contribution in [0.2, 0.25) is 0 Å². The summed E-state index contributed by atoms with van der Waals surface area (Å²) < 4.78 is 16.9. The summed E-state index contributed by atoms with van der Waals surface area (Å²) in [4.78, 5) is 24.3. The monoisotopic (exact) mass is 475 g/mol. The molecular weight excluding hydrogens is 446 g/mol. The van der Waals surface area contributed by atoms with E-state index in [-0.39, 0.29) is 18.9 Å². The van der Waals surface area contributed by atoms with Gasteiger partial charge in [-0.1, -0.05) is 54.6 Å². The highest BCUT2D eigenvalue weighted by atomic mass is 16.5. The molecule has 0 saturated carbocycles. The second-order valence-electron chi connectivity index (χ2n) is 8.19. The number of carboxylic acid groups (broad SMARTS) is 1. The molecule has 3 aromatic carbocycles. The van der Waals surface area contributed by atoms with Crippen LogP contribution in [-0.4, -0.2) is 37.0 Å². The molecule has 0 aliphatic heterocycles. The van der Waals surface area contributed by atoms with Crippen LogP contribution < -0.4 is 14.8 Å². The van der Waals surface area contributed by atoms with Crippen molar-refractivity contribution in [3.63, 3.8) is 0 Å². The summed E-state index contributed by atoms with van der Waals surface area (Å²) in [5, 5.41) is 12.2. The van der Waals surface area contributed by atoms with Gasteiger partial charge in [-0.3, -0.25) is 4.79 Å². The van der Waals surface area contributed by atoms with Crippen LogP contribution in [0, 0.1) is 0 Å². The summed E-state index contributed by atoms with van der Waals surface area (Å²) in [7, 11) is 0. The largest absolute Gasteiger partial charge is 0.490 e. The Morgan fingerprint density at radius 3 is 2.09 bits per heavy atom. The summed E-state index contributed by atoms with van der Waals surface area (Å²) in [5.41, 5.74) is 5.08. The maximum Gasteiger partial charge on any atom is 0.407 e. The highest BCUT2D eigenvalue weighted by Crippen LogP contribution is 2.44. The molecule has 4 rings (SSSR count). The van der Waals surface area contributed by atoms with Crippen LogP contribution in [-0.2, 0) is 9.53 Å². The first-order valence-electron chi connectivity index (χ1n) is 11.7. The zero-order valence-electron chi connectivity index (χ0n) is 19.8. The molecule has 0 aromatic heterocycles. The molecule has 2 N–H and O–H groups in total. The number of ether oxygens (including phenoxy) is 3. The number of hydrogen-bond acceptors (Lipinski definition) is 5. The smallest absolute Gasteiger partial charge is 0.407 e. The van der Waals surface area contributed by atoms with Crippen LogP contribution in [0.1, 0.15) is 48.9 Å². The van der Waals surface area contributed by atoms with E-state index < -0.39 is 18.1 Å². The number of nitrogens with one attached hydrogen (secondary N) is 1. The van der Waals surface area contributed by atoms with Crippen LogP contribution in [0.5, 0.6) is 11.5 Å². The maximum atomic E-state index is 12.8. The summed E-state index contributed by atoms with van der Waals surface area (Å²) in [5.74, 6) is -0.0632. The van der Waals surface area contributed by atoms with Crippen molar-refractivity contribution in [1.29, 1.82) is 0 Å². The van der Waals surface area contributed by atoms with Gasteiger partial charge < -0.3 is 24.6 Å². The minimum absolute atomic E-state index is 0.0823. The van der Waals surface area contributed by atoms with Crippen molar-refractivity contribution in [2.75, 3.05) is 19.8 Å². The van der Waals surface area contributed by atoms with E-state index in [1.165, 1.54) is 0 Å². The van der Waals surface area contributed by atoms with Crippen LogP contribution in [0.4, 0.5) is 4.79 Å². The quantitative estimate of drug-likeness (QED) is 0.400. The number of rotatable bonds is 10. The van der Waals surface area contributed by atoms with Gasteiger partial charge in [0, 0.05) is 5.92 Å². The average Bonchev–Trinajstić information content (AvgIpc) is 3.17. The van der Waals surface area contributed by atoms with Gasteiger partial charge in [0.2, 0.25) is 0 Å². The molecule has 7 heteroatoms. The van der Waals surface area contributed by atoms with Crippen LogP contribution in [0.15, 0.2) is 66.7 Å². The Bertz CT molecular complexity index is 1160. The number of fused-ring (bicyclic) bond motifs is 3. The first-order valence-corrected chi connectivity index (χ1v) is 11.7. The Kier molecular flexibility index (Phi) is 7.55. The normalized spacial score (nSPS) is 12.9. The third kappa shape index (κ3) is 5.40. The van der Waals surface area contributed by atoms with Crippen LogP contribution in [0.3, 0.4) is 0 Å².